The summed E-state index contributed by atoms with van der Waals surface area (Å²) in [6.45, 7) is 11.8. The molecule has 2 unspecified atom stereocenters. The van der Waals surface area contributed by atoms with E-state index in [0.29, 0.717) is 12.6 Å². The molecular formula is C13H29N3O. The van der Waals surface area contributed by atoms with E-state index in [1.54, 1.807) is 0 Å². The van der Waals surface area contributed by atoms with Crippen LogP contribution in [0.4, 0.5) is 0 Å². The third kappa shape index (κ3) is 6.03. The van der Waals surface area contributed by atoms with Gasteiger partial charge in [-0.25, -0.2) is 0 Å². The number of amides is 1. The van der Waals surface area contributed by atoms with E-state index < -0.39 is 0 Å². The Labute approximate surface area is 106 Å². The molecule has 0 spiro atoms. The standard InChI is InChI=1S/C13H29N3O/c1-6-11(4)15-13(17)12(5)16(10(2)3)9-7-8-14/h10-12H,6-9,14H2,1-5H3,(H,15,17). The van der Waals surface area contributed by atoms with Crippen LogP contribution < -0.4 is 11.1 Å². The number of rotatable bonds is 8. The van der Waals surface area contributed by atoms with E-state index in [0.717, 1.165) is 19.4 Å². The molecule has 0 aliphatic rings. The van der Waals surface area contributed by atoms with Crippen LogP contribution in [0.3, 0.4) is 0 Å². The van der Waals surface area contributed by atoms with Crippen molar-refractivity contribution in [3.05, 3.63) is 0 Å². The van der Waals surface area contributed by atoms with Crippen LogP contribution in [0.15, 0.2) is 0 Å². The Morgan fingerprint density at radius 2 is 1.88 bits per heavy atom. The summed E-state index contributed by atoms with van der Waals surface area (Å²) in [5.74, 6) is 0.116. The minimum absolute atomic E-state index is 0.0875. The van der Waals surface area contributed by atoms with Gasteiger partial charge in [0.05, 0.1) is 6.04 Å². The van der Waals surface area contributed by atoms with Gasteiger partial charge in [-0.05, 0) is 47.1 Å². The van der Waals surface area contributed by atoms with Crippen molar-refractivity contribution in [2.24, 2.45) is 5.73 Å². The number of hydrogen-bond donors (Lipinski definition) is 2. The fourth-order valence-electron chi connectivity index (χ4n) is 1.79. The molecule has 102 valence electrons. The number of nitrogens with zero attached hydrogens (tertiary/aromatic N) is 1. The fraction of sp³-hybridized carbons (Fsp3) is 0.923. The maximum Gasteiger partial charge on any atom is 0.237 e. The van der Waals surface area contributed by atoms with E-state index in [1.807, 2.05) is 13.8 Å². The Kier molecular flexibility index (Phi) is 8.17. The predicted molar refractivity (Wildman–Crippen MR) is 72.9 cm³/mol. The summed E-state index contributed by atoms with van der Waals surface area (Å²) in [4.78, 5) is 14.2. The summed E-state index contributed by atoms with van der Waals surface area (Å²) in [6, 6.07) is 0.517. The normalized spacial score (nSPS) is 15.1. The Morgan fingerprint density at radius 3 is 2.29 bits per heavy atom. The zero-order valence-electron chi connectivity index (χ0n) is 12.0. The van der Waals surface area contributed by atoms with Crippen LogP contribution in [-0.2, 0) is 4.79 Å². The summed E-state index contributed by atoms with van der Waals surface area (Å²) < 4.78 is 0. The Bertz CT molecular complexity index is 219. The maximum atomic E-state index is 12.0. The molecule has 0 fully saturated rings. The molecule has 0 saturated carbocycles. The van der Waals surface area contributed by atoms with E-state index in [9.17, 15) is 4.79 Å². The predicted octanol–water partition coefficient (Wildman–Crippen LogP) is 1.35. The third-order valence-corrected chi connectivity index (χ3v) is 3.16. The molecule has 0 saturated heterocycles. The summed E-state index contributed by atoms with van der Waals surface area (Å²) in [5.41, 5.74) is 5.53. The summed E-state index contributed by atoms with van der Waals surface area (Å²) in [7, 11) is 0. The second-order valence-corrected chi connectivity index (χ2v) is 4.97. The largest absolute Gasteiger partial charge is 0.352 e. The lowest BCUT2D eigenvalue weighted by atomic mass is 10.1. The molecule has 0 aromatic heterocycles. The average Bonchev–Trinajstić information content (AvgIpc) is 2.28. The lowest BCUT2D eigenvalue weighted by molar-refractivity contribution is -0.127. The van der Waals surface area contributed by atoms with Crippen LogP contribution in [0.1, 0.15) is 47.5 Å². The van der Waals surface area contributed by atoms with Crippen molar-refractivity contribution in [1.29, 1.82) is 0 Å². The monoisotopic (exact) mass is 243 g/mol. The minimum Gasteiger partial charge on any atom is -0.352 e. The van der Waals surface area contributed by atoms with Gasteiger partial charge < -0.3 is 11.1 Å². The number of hydrogen-bond acceptors (Lipinski definition) is 3. The highest BCUT2D eigenvalue weighted by Crippen LogP contribution is 2.07. The average molecular weight is 243 g/mol. The first-order valence-electron chi connectivity index (χ1n) is 6.70. The summed E-state index contributed by atoms with van der Waals surface area (Å²) in [5, 5.41) is 3.03. The molecule has 4 heteroatoms. The van der Waals surface area contributed by atoms with Crippen molar-refractivity contribution in [2.45, 2.75) is 65.6 Å². The van der Waals surface area contributed by atoms with Crippen molar-refractivity contribution >= 4 is 5.91 Å². The first kappa shape index (κ1) is 16.4. The second kappa shape index (κ2) is 8.48. The first-order chi connectivity index (χ1) is 7.93. The van der Waals surface area contributed by atoms with Crippen LogP contribution in [0, 0.1) is 0 Å². The molecule has 0 heterocycles. The van der Waals surface area contributed by atoms with Crippen molar-refractivity contribution in [1.82, 2.24) is 10.2 Å². The zero-order valence-corrected chi connectivity index (χ0v) is 12.0. The molecule has 0 bridgehead atoms. The highest BCUT2D eigenvalue weighted by molar-refractivity contribution is 5.81. The molecule has 0 radical (unpaired) electrons. The third-order valence-electron chi connectivity index (χ3n) is 3.16. The van der Waals surface area contributed by atoms with E-state index in [-0.39, 0.29) is 18.0 Å². The van der Waals surface area contributed by atoms with Crippen molar-refractivity contribution in [3.8, 4) is 0 Å². The summed E-state index contributed by atoms with van der Waals surface area (Å²) in [6.07, 6.45) is 1.89. The molecule has 17 heavy (non-hydrogen) atoms. The van der Waals surface area contributed by atoms with E-state index in [1.165, 1.54) is 0 Å². The van der Waals surface area contributed by atoms with Gasteiger partial charge in [0.25, 0.3) is 0 Å². The molecule has 0 aromatic rings. The quantitative estimate of drug-likeness (QED) is 0.676. The van der Waals surface area contributed by atoms with E-state index in [2.05, 4.69) is 31.0 Å². The van der Waals surface area contributed by atoms with Gasteiger partial charge >= 0.3 is 0 Å². The number of nitrogens with two attached hydrogens (primary N) is 1. The van der Waals surface area contributed by atoms with Crippen LogP contribution in [0.2, 0.25) is 0 Å². The minimum atomic E-state index is -0.0875. The summed E-state index contributed by atoms with van der Waals surface area (Å²) >= 11 is 0. The lowest BCUT2D eigenvalue weighted by Crippen LogP contribution is -2.50. The Hall–Kier alpha value is -0.610. The number of carbonyl (C=O) groups excluding carboxylic acids is 1. The van der Waals surface area contributed by atoms with Gasteiger partial charge in [-0.3, -0.25) is 9.69 Å². The Balaban J connectivity index is 4.38. The first-order valence-corrected chi connectivity index (χ1v) is 6.70. The van der Waals surface area contributed by atoms with E-state index >= 15 is 0 Å². The number of carbonyl (C=O) groups is 1. The molecule has 1 amide bonds. The van der Waals surface area contributed by atoms with Crippen molar-refractivity contribution in [2.75, 3.05) is 13.1 Å². The Morgan fingerprint density at radius 1 is 1.29 bits per heavy atom. The maximum absolute atomic E-state index is 12.0. The molecule has 0 aromatic carbocycles. The van der Waals surface area contributed by atoms with Crippen LogP contribution >= 0.6 is 0 Å². The van der Waals surface area contributed by atoms with Crippen LogP contribution in [0.5, 0.6) is 0 Å². The molecule has 3 N–H and O–H groups in total. The highest BCUT2D eigenvalue weighted by Gasteiger charge is 2.23. The zero-order chi connectivity index (χ0) is 13.4. The molecular weight excluding hydrogens is 214 g/mol. The van der Waals surface area contributed by atoms with Crippen LogP contribution in [0.25, 0.3) is 0 Å². The van der Waals surface area contributed by atoms with Crippen molar-refractivity contribution < 1.29 is 4.79 Å². The van der Waals surface area contributed by atoms with Crippen molar-refractivity contribution in [3.63, 3.8) is 0 Å². The van der Waals surface area contributed by atoms with Gasteiger partial charge in [0, 0.05) is 18.6 Å². The smallest absolute Gasteiger partial charge is 0.237 e. The molecule has 2 atom stereocenters. The SMILES string of the molecule is CCC(C)NC(=O)C(C)N(CCCN)C(C)C. The van der Waals surface area contributed by atoms with Gasteiger partial charge in [0.1, 0.15) is 0 Å². The molecule has 0 rings (SSSR count). The number of nitrogens with one attached hydrogen (secondary N) is 1. The van der Waals surface area contributed by atoms with Gasteiger partial charge in [-0.15, -0.1) is 0 Å². The van der Waals surface area contributed by atoms with Gasteiger partial charge in [-0.1, -0.05) is 6.92 Å². The molecule has 0 aliphatic heterocycles. The topological polar surface area (TPSA) is 58.4 Å². The lowest BCUT2D eigenvalue weighted by Gasteiger charge is -2.32. The fourth-order valence-corrected chi connectivity index (χ4v) is 1.79. The molecule has 4 nitrogen and oxygen atoms in total. The van der Waals surface area contributed by atoms with Gasteiger partial charge in [0.15, 0.2) is 0 Å². The van der Waals surface area contributed by atoms with Gasteiger partial charge in [0.2, 0.25) is 5.91 Å². The van der Waals surface area contributed by atoms with Crippen LogP contribution in [-0.4, -0.2) is 42.0 Å². The van der Waals surface area contributed by atoms with E-state index in [4.69, 9.17) is 5.73 Å². The highest BCUT2D eigenvalue weighted by atomic mass is 16.2. The second-order valence-electron chi connectivity index (χ2n) is 4.97. The molecule has 0 aliphatic carbocycles. The van der Waals surface area contributed by atoms with Gasteiger partial charge in [-0.2, -0.15) is 0 Å².